The zero-order chi connectivity index (χ0) is 8.39. The molecule has 2 heterocycles. The molecule has 0 spiro atoms. The van der Waals surface area contributed by atoms with Crippen molar-refractivity contribution in [2.45, 2.75) is 6.92 Å². The Balaban J connectivity index is 2.57. The molecule has 0 aliphatic heterocycles. The van der Waals surface area contributed by atoms with Gasteiger partial charge < -0.3 is 4.74 Å². The van der Waals surface area contributed by atoms with Crippen LogP contribution in [0.25, 0.3) is 11.0 Å². The van der Waals surface area contributed by atoms with E-state index < -0.39 is 0 Å². The van der Waals surface area contributed by atoms with Crippen LogP contribution < -0.4 is 4.74 Å². The first kappa shape index (κ1) is 7.02. The molecule has 62 valence electrons. The highest BCUT2D eigenvalue weighted by molar-refractivity contribution is 5.78. The third-order valence-electron chi connectivity index (χ3n) is 1.49. The van der Waals surface area contributed by atoms with Crippen LogP contribution in [0, 0.1) is 0 Å². The molecular weight excluding hydrogens is 156 g/mol. The predicted octanol–water partition coefficient (Wildman–Crippen LogP) is 0.752. The van der Waals surface area contributed by atoms with Gasteiger partial charge in [0.25, 0.3) is 0 Å². The summed E-state index contributed by atoms with van der Waals surface area (Å²) in [7, 11) is 0. The average molecular weight is 164 g/mol. The van der Waals surface area contributed by atoms with E-state index in [1.54, 1.807) is 6.20 Å². The van der Waals surface area contributed by atoms with E-state index in [-0.39, 0.29) is 0 Å². The van der Waals surface area contributed by atoms with Gasteiger partial charge in [-0.25, -0.2) is 9.97 Å². The quantitative estimate of drug-likeness (QED) is 0.711. The van der Waals surface area contributed by atoms with Crippen LogP contribution in [0.15, 0.2) is 12.5 Å². The van der Waals surface area contributed by atoms with E-state index in [4.69, 9.17) is 4.74 Å². The topological polar surface area (TPSA) is 63.7 Å². The van der Waals surface area contributed by atoms with Crippen LogP contribution in [0.1, 0.15) is 6.92 Å². The lowest BCUT2D eigenvalue weighted by atomic mass is 10.4. The van der Waals surface area contributed by atoms with E-state index in [1.165, 1.54) is 6.33 Å². The summed E-state index contributed by atoms with van der Waals surface area (Å²) in [5, 5.41) is 7.39. The minimum Gasteiger partial charge on any atom is -0.477 e. The van der Waals surface area contributed by atoms with E-state index in [1.807, 2.05) is 6.92 Å². The van der Waals surface area contributed by atoms with Crippen LogP contribution >= 0.6 is 0 Å². The molecule has 0 unspecified atom stereocenters. The summed E-state index contributed by atoms with van der Waals surface area (Å²) >= 11 is 0. The Kier molecular flexibility index (Phi) is 1.62. The van der Waals surface area contributed by atoms with E-state index in [9.17, 15) is 0 Å². The molecule has 0 saturated heterocycles. The second-order valence-electron chi connectivity index (χ2n) is 2.24. The maximum absolute atomic E-state index is 5.27. The van der Waals surface area contributed by atoms with Crippen molar-refractivity contribution < 1.29 is 4.74 Å². The number of H-pyrrole nitrogens is 1. The van der Waals surface area contributed by atoms with Gasteiger partial charge in [0, 0.05) is 0 Å². The first-order valence-corrected chi connectivity index (χ1v) is 3.68. The standard InChI is InChI=1S/C7H8N4O/c1-2-12-7-5-3-10-11-6(5)8-4-9-7/h3-4H,2H2,1H3,(H,8,9,10,11). The average Bonchev–Trinajstić information content (AvgIpc) is 2.53. The highest BCUT2D eigenvalue weighted by Crippen LogP contribution is 2.17. The van der Waals surface area contributed by atoms with Crippen molar-refractivity contribution in [3.8, 4) is 5.88 Å². The Morgan fingerprint density at radius 2 is 2.42 bits per heavy atom. The number of aromatic amines is 1. The predicted molar refractivity (Wildman–Crippen MR) is 42.9 cm³/mol. The molecule has 5 nitrogen and oxygen atoms in total. The zero-order valence-corrected chi connectivity index (χ0v) is 6.61. The number of aromatic nitrogens is 4. The van der Waals surface area contributed by atoms with Gasteiger partial charge in [0.15, 0.2) is 5.65 Å². The third-order valence-corrected chi connectivity index (χ3v) is 1.49. The molecule has 1 N–H and O–H groups in total. The summed E-state index contributed by atoms with van der Waals surface area (Å²) in [5.41, 5.74) is 0.702. The highest BCUT2D eigenvalue weighted by Gasteiger charge is 2.04. The monoisotopic (exact) mass is 164 g/mol. The van der Waals surface area contributed by atoms with Gasteiger partial charge in [0.1, 0.15) is 11.7 Å². The number of nitrogens with zero attached hydrogens (tertiary/aromatic N) is 3. The van der Waals surface area contributed by atoms with Gasteiger partial charge in [-0.1, -0.05) is 0 Å². The SMILES string of the molecule is CCOc1ncnc2[nH]ncc12. The number of rotatable bonds is 2. The molecule has 2 aromatic rings. The molecule has 0 bridgehead atoms. The molecule has 2 aromatic heterocycles. The summed E-state index contributed by atoms with van der Waals surface area (Å²) in [6.07, 6.45) is 3.10. The lowest BCUT2D eigenvalue weighted by Gasteiger charge is -2.00. The van der Waals surface area contributed by atoms with Crippen molar-refractivity contribution in [1.29, 1.82) is 0 Å². The van der Waals surface area contributed by atoms with E-state index >= 15 is 0 Å². The van der Waals surface area contributed by atoms with Gasteiger partial charge in [-0.2, -0.15) is 5.10 Å². The van der Waals surface area contributed by atoms with Crippen molar-refractivity contribution in [2.24, 2.45) is 0 Å². The fraction of sp³-hybridized carbons (Fsp3) is 0.286. The van der Waals surface area contributed by atoms with Gasteiger partial charge in [-0.05, 0) is 6.92 Å². The van der Waals surface area contributed by atoms with Gasteiger partial charge >= 0.3 is 0 Å². The summed E-state index contributed by atoms with van der Waals surface area (Å²) in [4.78, 5) is 7.95. The Hall–Kier alpha value is -1.65. The Morgan fingerprint density at radius 3 is 3.25 bits per heavy atom. The fourth-order valence-corrected chi connectivity index (χ4v) is 0.995. The molecular formula is C7H8N4O. The van der Waals surface area contributed by atoms with Crippen LogP contribution in [0.4, 0.5) is 0 Å². The third kappa shape index (κ3) is 0.990. The molecule has 2 rings (SSSR count). The van der Waals surface area contributed by atoms with Crippen molar-refractivity contribution in [2.75, 3.05) is 6.61 Å². The molecule has 5 heteroatoms. The largest absolute Gasteiger partial charge is 0.477 e. The lowest BCUT2D eigenvalue weighted by Crippen LogP contribution is -1.95. The van der Waals surface area contributed by atoms with Crippen molar-refractivity contribution in [3.05, 3.63) is 12.5 Å². The molecule has 0 aliphatic carbocycles. The van der Waals surface area contributed by atoms with Crippen LogP contribution in [0.3, 0.4) is 0 Å². The first-order valence-electron chi connectivity index (χ1n) is 3.68. The number of nitrogens with one attached hydrogen (secondary N) is 1. The zero-order valence-electron chi connectivity index (χ0n) is 6.61. The first-order chi connectivity index (χ1) is 5.92. The maximum Gasteiger partial charge on any atom is 0.227 e. The summed E-state index contributed by atoms with van der Waals surface area (Å²) in [6.45, 7) is 2.51. The summed E-state index contributed by atoms with van der Waals surface area (Å²) in [5.74, 6) is 0.580. The number of hydrogen-bond donors (Lipinski definition) is 1. The normalized spacial score (nSPS) is 10.4. The molecule has 0 saturated carbocycles. The summed E-state index contributed by atoms with van der Waals surface area (Å²) in [6, 6.07) is 0. The molecule has 0 atom stereocenters. The van der Waals surface area contributed by atoms with Crippen LogP contribution in [0.5, 0.6) is 5.88 Å². The smallest absolute Gasteiger partial charge is 0.227 e. The second kappa shape index (κ2) is 2.77. The van der Waals surface area contributed by atoms with Crippen molar-refractivity contribution >= 4 is 11.0 Å². The molecule has 0 aliphatic rings. The fourth-order valence-electron chi connectivity index (χ4n) is 0.995. The van der Waals surface area contributed by atoms with Gasteiger partial charge in [-0.3, -0.25) is 5.10 Å². The molecule has 0 fully saturated rings. The minimum absolute atomic E-state index is 0.580. The summed E-state index contributed by atoms with van der Waals surface area (Å²) < 4.78 is 5.27. The van der Waals surface area contributed by atoms with Crippen LogP contribution in [-0.2, 0) is 0 Å². The van der Waals surface area contributed by atoms with Gasteiger partial charge in [0.2, 0.25) is 5.88 Å². The van der Waals surface area contributed by atoms with E-state index in [0.717, 1.165) is 5.39 Å². The Labute approximate surface area is 68.8 Å². The van der Waals surface area contributed by atoms with E-state index in [2.05, 4.69) is 20.2 Å². The van der Waals surface area contributed by atoms with Crippen LogP contribution in [-0.4, -0.2) is 26.8 Å². The Bertz CT molecular complexity index is 384. The molecule has 0 radical (unpaired) electrons. The molecule has 0 amide bonds. The van der Waals surface area contributed by atoms with Crippen molar-refractivity contribution in [3.63, 3.8) is 0 Å². The number of hydrogen-bond acceptors (Lipinski definition) is 4. The van der Waals surface area contributed by atoms with E-state index in [0.29, 0.717) is 18.1 Å². The number of fused-ring (bicyclic) bond motifs is 1. The highest BCUT2D eigenvalue weighted by atomic mass is 16.5. The van der Waals surface area contributed by atoms with Gasteiger partial charge in [-0.15, -0.1) is 0 Å². The Morgan fingerprint density at radius 1 is 1.50 bits per heavy atom. The number of ether oxygens (including phenoxy) is 1. The van der Waals surface area contributed by atoms with Crippen molar-refractivity contribution in [1.82, 2.24) is 20.2 Å². The maximum atomic E-state index is 5.27. The van der Waals surface area contributed by atoms with Crippen LogP contribution in [0.2, 0.25) is 0 Å². The second-order valence-corrected chi connectivity index (χ2v) is 2.24. The van der Waals surface area contributed by atoms with Gasteiger partial charge in [0.05, 0.1) is 12.8 Å². The molecule has 0 aromatic carbocycles. The lowest BCUT2D eigenvalue weighted by molar-refractivity contribution is 0.331. The molecule has 12 heavy (non-hydrogen) atoms. The minimum atomic E-state index is 0.580.